The van der Waals surface area contributed by atoms with E-state index in [-0.39, 0.29) is 25.0 Å². The molecule has 7 nitrogen and oxygen atoms in total. The molecule has 0 bridgehead atoms. The fourth-order valence-corrected chi connectivity index (χ4v) is 5.17. The normalized spacial score (nSPS) is 16.0. The number of amides is 2. The van der Waals surface area contributed by atoms with Crippen molar-refractivity contribution in [3.8, 4) is 17.2 Å². The second-order valence-corrected chi connectivity index (χ2v) is 9.99. The predicted molar refractivity (Wildman–Crippen MR) is 138 cm³/mol. The number of rotatable bonds is 12. The molecule has 2 aromatic rings. The van der Waals surface area contributed by atoms with Gasteiger partial charge in [0, 0.05) is 38.4 Å². The minimum atomic E-state index is -0.127. The van der Waals surface area contributed by atoms with Gasteiger partial charge in [0.2, 0.25) is 11.8 Å². The third kappa shape index (κ3) is 6.01. The van der Waals surface area contributed by atoms with E-state index in [1.54, 1.807) is 7.11 Å². The van der Waals surface area contributed by atoms with Gasteiger partial charge in [-0.25, -0.2) is 0 Å². The number of fused-ring (bicyclic) bond motifs is 1. The van der Waals surface area contributed by atoms with Crippen LogP contribution in [0.2, 0.25) is 0 Å². The molecule has 0 saturated carbocycles. The molecule has 0 aromatic heterocycles. The van der Waals surface area contributed by atoms with Crippen LogP contribution in [-0.4, -0.2) is 55.0 Å². The molecular formula is C29H38N2O5. The number of nitrogens with zero attached hydrogens (tertiary/aromatic N) is 2. The largest absolute Gasteiger partial charge is 0.493 e. The molecule has 0 radical (unpaired) electrons. The van der Waals surface area contributed by atoms with E-state index >= 15 is 0 Å². The fourth-order valence-electron chi connectivity index (χ4n) is 5.17. The molecule has 1 fully saturated rings. The van der Waals surface area contributed by atoms with Crippen molar-refractivity contribution in [2.24, 2.45) is 5.92 Å². The maximum Gasteiger partial charge on any atom is 0.229 e. The number of hydrogen-bond acceptors (Lipinski definition) is 6. The average molecular weight is 495 g/mol. The SMILES string of the molecule is CCC(c1ccc2c(c1)CCO2)N(Cc1ccc(OCCN2C(=O)CCC2=O)c(OC)c1)CC(C)C. The summed E-state index contributed by atoms with van der Waals surface area (Å²) >= 11 is 0. The summed E-state index contributed by atoms with van der Waals surface area (Å²) in [4.78, 5) is 27.5. The zero-order valence-electron chi connectivity index (χ0n) is 21.9. The summed E-state index contributed by atoms with van der Waals surface area (Å²) < 4.78 is 17.2. The van der Waals surface area contributed by atoms with E-state index in [0.717, 1.165) is 43.9 Å². The third-order valence-electron chi connectivity index (χ3n) is 6.87. The molecular weight excluding hydrogens is 456 g/mol. The Hall–Kier alpha value is -3.06. The zero-order valence-corrected chi connectivity index (χ0v) is 21.9. The first-order valence-electron chi connectivity index (χ1n) is 13.0. The maximum absolute atomic E-state index is 11.8. The van der Waals surface area contributed by atoms with Gasteiger partial charge in [-0.2, -0.15) is 0 Å². The van der Waals surface area contributed by atoms with Crippen molar-refractivity contribution in [3.63, 3.8) is 0 Å². The highest BCUT2D eigenvalue weighted by Gasteiger charge is 2.28. The number of methoxy groups -OCH3 is 1. The van der Waals surface area contributed by atoms with E-state index in [4.69, 9.17) is 14.2 Å². The van der Waals surface area contributed by atoms with Crippen LogP contribution < -0.4 is 14.2 Å². The van der Waals surface area contributed by atoms with E-state index in [0.29, 0.717) is 36.3 Å². The second-order valence-electron chi connectivity index (χ2n) is 9.99. The van der Waals surface area contributed by atoms with Gasteiger partial charge in [0.25, 0.3) is 0 Å². The lowest BCUT2D eigenvalue weighted by molar-refractivity contribution is -0.138. The number of carbonyl (C=O) groups is 2. The lowest BCUT2D eigenvalue weighted by atomic mass is 9.97. The Morgan fingerprint density at radius 1 is 1.03 bits per heavy atom. The van der Waals surface area contributed by atoms with Gasteiger partial charge in [-0.05, 0) is 47.2 Å². The standard InChI is InChI=1S/C29H38N2O5/c1-5-24(22-7-9-25-23(17-22)12-14-35-25)30(18-20(2)3)19-21-6-8-26(27(16-21)34-4)36-15-13-31-28(32)10-11-29(31)33/h6-9,16-17,20,24H,5,10-15,18-19H2,1-4H3. The monoisotopic (exact) mass is 494 g/mol. The highest BCUT2D eigenvalue weighted by atomic mass is 16.5. The highest BCUT2D eigenvalue weighted by molar-refractivity contribution is 6.01. The molecule has 194 valence electrons. The van der Waals surface area contributed by atoms with Gasteiger partial charge in [0.15, 0.2) is 11.5 Å². The van der Waals surface area contributed by atoms with Crippen LogP contribution in [0.1, 0.15) is 62.8 Å². The summed E-state index contributed by atoms with van der Waals surface area (Å²) in [5.41, 5.74) is 3.78. The van der Waals surface area contributed by atoms with Gasteiger partial charge in [-0.15, -0.1) is 0 Å². The van der Waals surface area contributed by atoms with Crippen molar-refractivity contribution < 1.29 is 23.8 Å². The highest BCUT2D eigenvalue weighted by Crippen LogP contribution is 2.34. The molecule has 36 heavy (non-hydrogen) atoms. The zero-order chi connectivity index (χ0) is 25.7. The van der Waals surface area contributed by atoms with E-state index < -0.39 is 0 Å². The average Bonchev–Trinajstić information content (AvgIpc) is 3.46. The smallest absolute Gasteiger partial charge is 0.229 e. The van der Waals surface area contributed by atoms with Crippen molar-refractivity contribution in [1.82, 2.24) is 9.80 Å². The second kappa shape index (κ2) is 11.8. The molecule has 1 saturated heterocycles. The van der Waals surface area contributed by atoms with Gasteiger partial charge in [-0.1, -0.05) is 39.0 Å². The van der Waals surface area contributed by atoms with Crippen LogP contribution in [0.5, 0.6) is 17.2 Å². The summed E-state index contributed by atoms with van der Waals surface area (Å²) in [7, 11) is 1.63. The van der Waals surface area contributed by atoms with Crippen LogP contribution in [0, 0.1) is 5.92 Å². The minimum absolute atomic E-state index is 0.127. The predicted octanol–water partition coefficient (Wildman–Crippen LogP) is 4.77. The molecule has 2 aromatic carbocycles. The minimum Gasteiger partial charge on any atom is -0.493 e. The van der Waals surface area contributed by atoms with Crippen LogP contribution in [0.25, 0.3) is 0 Å². The van der Waals surface area contributed by atoms with E-state index in [2.05, 4.69) is 49.9 Å². The Labute approximate surface area is 214 Å². The third-order valence-corrected chi connectivity index (χ3v) is 6.87. The Morgan fingerprint density at radius 3 is 2.50 bits per heavy atom. The number of benzene rings is 2. The maximum atomic E-state index is 11.8. The molecule has 2 aliphatic rings. The Morgan fingerprint density at radius 2 is 1.81 bits per heavy atom. The van der Waals surface area contributed by atoms with Gasteiger partial charge in [0.1, 0.15) is 12.4 Å². The van der Waals surface area contributed by atoms with E-state index in [9.17, 15) is 9.59 Å². The van der Waals surface area contributed by atoms with E-state index in [1.165, 1.54) is 16.0 Å². The molecule has 7 heteroatoms. The van der Waals surface area contributed by atoms with Crippen LogP contribution >= 0.6 is 0 Å². The molecule has 1 atom stereocenters. The molecule has 2 heterocycles. The summed E-state index contributed by atoms with van der Waals surface area (Å²) in [6.45, 7) is 9.79. The van der Waals surface area contributed by atoms with Gasteiger partial charge in [0.05, 0.1) is 20.3 Å². The summed E-state index contributed by atoms with van der Waals surface area (Å²) in [5, 5.41) is 0. The van der Waals surface area contributed by atoms with Crippen LogP contribution in [-0.2, 0) is 22.6 Å². The lowest BCUT2D eigenvalue weighted by Crippen LogP contribution is -2.33. The van der Waals surface area contributed by atoms with Gasteiger partial charge in [-0.3, -0.25) is 19.4 Å². The first-order valence-corrected chi connectivity index (χ1v) is 13.0. The quantitative estimate of drug-likeness (QED) is 0.396. The van der Waals surface area contributed by atoms with Crippen molar-refractivity contribution in [1.29, 1.82) is 0 Å². The Bertz CT molecular complexity index is 1070. The molecule has 1 unspecified atom stereocenters. The van der Waals surface area contributed by atoms with Crippen LogP contribution in [0.3, 0.4) is 0 Å². The fraction of sp³-hybridized carbons (Fsp3) is 0.517. The molecule has 2 aliphatic heterocycles. The molecule has 0 N–H and O–H groups in total. The summed E-state index contributed by atoms with van der Waals surface area (Å²) in [6, 6.07) is 13.0. The molecule has 4 rings (SSSR count). The number of imide groups is 1. The van der Waals surface area contributed by atoms with E-state index in [1.807, 2.05) is 12.1 Å². The number of hydrogen-bond donors (Lipinski definition) is 0. The Kier molecular flexibility index (Phi) is 8.52. The van der Waals surface area contributed by atoms with Crippen LogP contribution in [0.15, 0.2) is 36.4 Å². The molecule has 0 spiro atoms. The van der Waals surface area contributed by atoms with Crippen LogP contribution in [0.4, 0.5) is 0 Å². The lowest BCUT2D eigenvalue weighted by Gasteiger charge is -2.33. The van der Waals surface area contributed by atoms with Crippen molar-refractivity contribution >= 4 is 11.8 Å². The Balaban J connectivity index is 1.47. The van der Waals surface area contributed by atoms with Gasteiger partial charge >= 0.3 is 0 Å². The topological polar surface area (TPSA) is 68.3 Å². The molecule has 2 amide bonds. The molecule has 0 aliphatic carbocycles. The van der Waals surface area contributed by atoms with Gasteiger partial charge < -0.3 is 14.2 Å². The number of ether oxygens (including phenoxy) is 3. The first-order chi connectivity index (χ1) is 17.4. The van der Waals surface area contributed by atoms with Crippen molar-refractivity contribution in [3.05, 3.63) is 53.1 Å². The first kappa shape index (κ1) is 26.0. The van der Waals surface area contributed by atoms with Crippen molar-refractivity contribution in [2.45, 2.75) is 59.0 Å². The number of carbonyl (C=O) groups excluding carboxylic acids is 2. The summed E-state index contributed by atoms with van der Waals surface area (Å²) in [6.07, 6.45) is 2.57. The summed E-state index contributed by atoms with van der Waals surface area (Å²) in [5.74, 6) is 2.55. The van der Waals surface area contributed by atoms with Crippen molar-refractivity contribution in [2.75, 3.05) is 33.4 Å². The number of likely N-dealkylation sites (tertiary alicyclic amines) is 1.